The van der Waals surface area contributed by atoms with Crippen LogP contribution in [0, 0.1) is 0 Å². The lowest BCUT2D eigenvalue weighted by Gasteiger charge is -2.32. The summed E-state index contributed by atoms with van der Waals surface area (Å²) in [5, 5.41) is 7.32. The molecule has 1 saturated heterocycles. The van der Waals surface area contributed by atoms with Gasteiger partial charge in [-0.2, -0.15) is 5.10 Å². The summed E-state index contributed by atoms with van der Waals surface area (Å²) in [6.45, 7) is 4.67. The van der Waals surface area contributed by atoms with Gasteiger partial charge in [-0.15, -0.1) is 0 Å². The van der Waals surface area contributed by atoms with Crippen LogP contribution in [0.5, 0.6) is 0 Å². The third kappa shape index (κ3) is 3.08. The Morgan fingerprint density at radius 2 is 2.50 bits per heavy atom. The Hall–Kier alpha value is -1.40. The molecule has 100 valence electrons. The lowest BCUT2D eigenvalue weighted by Crippen LogP contribution is -2.56. The van der Waals surface area contributed by atoms with Crippen LogP contribution in [0.15, 0.2) is 18.5 Å². The molecule has 0 radical (unpaired) electrons. The average Bonchev–Trinajstić information content (AvgIpc) is 2.89. The highest BCUT2D eigenvalue weighted by Crippen LogP contribution is 2.06. The van der Waals surface area contributed by atoms with Crippen molar-refractivity contribution in [1.29, 1.82) is 0 Å². The maximum Gasteiger partial charge on any atom is 0.242 e. The molecule has 1 aliphatic rings. The molecule has 1 aromatic rings. The van der Waals surface area contributed by atoms with Crippen molar-refractivity contribution >= 4 is 5.91 Å². The Morgan fingerprint density at radius 1 is 1.67 bits per heavy atom. The van der Waals surface area contributed by atoms with Crippen LogP contribution in [0.1, 0.15) is 6.92 Å². The molecule has 1 fully saturated rings. The molecule has 6 heteroatoms. The van der Waals surface area contributed by atoms with E-state index in [4.69, 9.17) is 4.74 Å². The van der Waals surface area contributed by atoms with Crippen LogP contribution in [0.4, 0.5) is 0 Å². The zero-order valence-corrected chi connectivity index (χ0v) is 10.9. The van der Waals surface area contributed by atoms with Gasteiger partial charge in [0.15, 0.2) is 0 Å². The molecule has 6 nitrogen and oxygen atoms in total. The van der Waals surface area contributed by atoms with E-state index in [-0.39, 0.29) is 18.1 Å². The number of nitrogens with zero attached hydrogens (tertiary/aromatic N) is 3. The number of amides is 1. The Kier molecular flexibility index (Phi) is 4.33. The molecule has 1 N–H and O–H groups in total. The quantitative estimate of drug-likeness (QED) is 0.800. The van der Waals surface area contributed by atoms with Crippen molar-refractivity contribution in [2.75, 3.05) is 26.7 Å². The van der Waals surface area contributed by atoms with Gasteiger partial charge in [-0.05, 0) is 13.0 Å². The van der Waals surface area contributed by atoms with Crippen molar-refractivity contribution in [1.82, 2.24) is 20.0 Å². The smallest absolute Gasteiger partial charge is 0.242 e. The van der Waals surface area contributed by atoms with Gasteiger partial charge in [-0.1, -0.05) is 0 Å². The van der Waals surface area contributed by atoms with Crippen LogP contribution >= 0.6 is 0 Å². The third-order valence-electron chi connectivity index (χ3n) is 3.18. The van der Waals surface area contributed by atoms with Crippen molar-refractivity contribution in [3.63, 3.8) is 0 Å². The molecule has 0 unspecified atom stereocenters. The molecule has 2 rings (SSSR count). The average molecular weight is 252 g/mol. The number of ether oxygens (including phenoxy) is 1. The summed E-state index contributed by atoms with van der Waals surface area (Å²) in [6, 6.07) is 1.64. The SMILES string of the molecule is C[C@H]1OCCN[C@@H]1C(=O)N(C)CCn1cccn1. The Balaban J connectivity index is 1.84. The molecule has 1 aromatic heterocycles. The molecular weight excluding hydrogens is 232 g/mol. The standard InChI is InChI=1S/C12H20N4O2/c1-10-11(13-5-9-18-10)12(17)15(2)7-8-16-6-3-4-14-16/h3-4,6,10-11,13H,5,7-9H2,1-2H3/t10-,11+/m1/s1. The third-order valence-corrected chi connectivity index (χ3v) is 3.18. The van der Waals surface area contributed by atoms with E-state index in [2.05, 4.69) is 10.4 Å². The van der Waals surface area contributed by atoms with E-state index >= 15 is 0 Å². The first-order valence-corrected chi connectivity index (χ1v) is 6.26. The Labute approximate surface area is 107 Å². The van der Waals surface area contributed by atoms with Crippen molar-refractivity contribution in [2.45, 2.75) is 25.6 Å². The predicted molar refractivity (Wildman–Crippen MR) is 67.1 cm³/mol. The zero-order valence-electron chi connectivity index (χ0n) is 10.9. The highest BCUT2D eigenvalue weighted by Gasteiger charge is 2.30. The largest absolute Gasteiger partial charge is 0.375 e. The number of hydrogen-bond donors (Lipinski definition) is 1. The van der Waals surface area contributed by atoms with Gasteiger partial charge in [0.2, 0.25) is 5.91 Å². The predicted octanol–water partition coefficient (Wildman–Crippen LogP) is -0.282. The molecule has 0 aromatic carbocycles. The summed E-state index contributed by atoms with van der Waals surface area (Å²) in [5.41, 5.74) is 0. The number of aromatic nitrogens is 2. The van der Waals surface area contributed by atoms with Crippen molar-refractivity contribution < 1.29 is 9.53 Å². The van der Waals surface area contributed by atoms with Gasteiger partial charge in [0.1, 0.15) is 6.04 Å². The fourth-order valence-corrected chi connectivity index (χ4v) is 2.04. The van der Waals surface area contributed by atoms with Crippen molar-refractivity contribution in [2.24, 2.45) is 0 Å². The number of carbonyl (C=O) groups excluding carboxylic acids is 1. The van der Waals surface area contributed by atoms with Gasteiger partial charge < -0.3 is 15.0 Å². The topological polar surface area (TPSA) is 59.4 Å². The normalized spacial score (nSPS) is 23.9. The van der Waals surface area contributed by atoms with Crippen molar-refractivity contribution in [3.05, 3.63) is 18.5 Å². The number of hydrogen-bond acceptors (Lipinski definition) is 4. The van der Waals surface area contributed by atoms with E-state index in [1.165, 1.54) is 0 Å². The molecule has 0 aliphatic carbocycles. The molecule has 2 atom stereocenters. The Morgan fingerprint density at radius 3 is 3.17 bits per heavy atom. The number of nitrogens with one attached hydrogen (secondary N) is 1. The monoisotopic (exact) mass is 252 g/mol. The first-order valence-electron chi connectivity index (χ1n) is 6.26. The molecule has 18 heavy (non-hydrogen) atoms. The highest BCUT2D eigenvalue weighted by molar-refractivity contribution is 5.82. The van der Waals surface area contributed by atoms with Crippen LogP contribution in [0.25, 0.3) is 0 Å². The minimum atomic E-state index is -0.235. The second-order valence-electron chi connectivity index (χ2n) is 4.54. The maximum absolute atomic E-state index is 12.2. The molecule has 2 heterocycles. The summed E-state index contributed by atoms with van der Waals surface area (Å²) in [5.74, 6) is 0.0781. The van der Waals surface area contributed by atoms with E-state index in [1.807, 2.05) is 30.9 Å². The van der Waals surface area contributed by atoms with E-state index < -0.39 is 0 Å². The molecular formula is C12H20N4O2. The minimum absolute atomic E-state index is 0.0709. The molecule has 0 spiro atoms. The fourth-order valence-electron chi connectivity index (χ4n) is 2.04. The first-order chi connectivity index (χ1) is 8.68. The van der Waals surface area contributed by atoms with Gasteiger partial charge >= 0.3 is 0 Å². The Bertz CT molecular complexity index is 379. The molecule has 1 amide bonds. The maximum atomic E-state index is 12.2. The van der Waals surface area contributed by atoms with Crippen LogP contribution in [-0.2, 0) is 16.1 Å². The van der Waals surface area contributed by atoms with Crippen LogP contribution in [-0.4, -0.2) is 59.5 Å². The number of morpholine rings is 1. The summed E-state index contributed by atoms with van der Waals surface area (Å²) in [4.78, 5) is 13.9. The molecule has 0 saturated carbocycles. The van der Waals surface area contributed by atoms with Gasteiger partial charge in [0.05, 0.1) is 19.3 Å². The van der Waals surface area contributed by atoms with E-state index in [0.29, 0.717) is 19.7 Å². The number of likely N-dealkylation sites (N-methyl/N-ethyl adjacent to an activating group) is 1. The second-order valence-corrected chi connectivity index (χ2v) is 4.54. The number of rotatable bonds is 4. The van der Waals surface area contributed by atoms with Gasteiger partial charge in [0, 0.05) is 32.5 Å². The van der Waals surface area contributed by atoms with Gasteiger partial charge in [-0.3, -0.25) is 9.48 Å². The lowest BCUT2D eigenvalue weighted by molar-refractivity contribution is -0.138. The highest BCUT2D eigenvalue weighted by atomic mass is 16.5. The molecule has 0 bridgehead atoms. The number of carbonyl (C=O) groups is 1. The van der Waals surface area contributed by atoms with Gasteiger partial charge in [0.25, 0.3) is 0 Å². The second kappa shape index (κ2) is 5.97. The lowest BCUT2D eigenvalue weighted by atomic mass is 10.1. The zero-order chi connectivity index (χ0) is 13.0. The minimum Gasteiger partial charge on any atom is -0.375 e. The first kappa shape index (κ1) is 13.0. The van der Waals surface area contributed by atoms with Gasteiger partial charge in [-0.25, -0.2) is 0 Å². The van der Waals surface area contributed by atoms with E-state index in [1.54, 1.807) is 11.1 Å². The van der Waals surface area contributed by atoms with E-state index in [0.717, 1.165) is 6.54 Å². The molecule has 1 aliphatic heterocycles. The summed E-state index contributed by atoms with van der Waals surface area (Å²) >= 11 is 0. The van der Waals surface area contributed by atoms with E-state index in [9.17, 15) is 4.79 Å². The summed E-state index contributed by atoms with van der Waals surface area (Å²) < 4.78 is 7.30. The van der Waals surface area contributed by atoms with Crippen LogP contribution in [0.3, 0.4) is 0 Å². The van der Waals surface area contributed by atoms with Crippen LogP contribution < -0.4 is 5.32 Å². The summed E-state index contributed by atoms with van der Waals surface area (Å²) in [7, 11) is 1.81. The van der Waals surface area contributed by atoms with Crippen LogP contribution in [0.2, 0.25) is 0 Å². The summed E-state index contributed by atoms with van der Waals surface area (Å²) in [6.07, 6.45) is 3.56. The fraction of sp³-hybridized carbons (Fsp3) is 0.667. The van der Waals surface area contributed by atoms with Crippen molar-refractivity contribution in [3.8, 4) is 0 Å².